The van der Waals surface area contributed by atoms with Crippen molar-refractivity contribution in [3.8, 4) is 0 Å². The number of carbonyl (C=O) groups excluding carboxylic acids is 1. The Morgan fingerprint density at radius 3 is 2.28 bits per heavy atom. The lowest BCUT2D eigenvalue weighted by molar-refractivity contribution is -0.384. The molecule has 4 rings (SSSR count). The van der Waals surface area contributed by atoms with Gasteiger partial charge in [-0.05, 0) is 35.4 Å². The normalized spacial score (nSPS) is 15.8. The number of nitro benzene ring substituents is 1. The van der Waals surface area contributed by atoms with E-state index in [1.165, 1.54) is 29.3 Å². The van der Waals surface area contributed by atoms with Crippen LogP contribution in [0, 0.1) is 10.1 Å². The largest absolute Gasteiger partial charge is 0.274 e. The molecule has 1 atom stereocenters. The predicted octanol–water partition coefficient (Wildman–Crippen LogP) is 5.35. The Morgan fingerprint density at radius 2 is 1.66 bits per heavy atom. The first-order chi connectivity index (χ1) is 14.0. The van der Waals surface area contributed by atoms with Gasteiger partial charge in [-0.1, -0.05) is 58.4 Å². The van der Waals surface area contributed by atoms with Crippen molar-refractivity contribution in [1.82, 2.24) is 5.01 Å². The van der Waals surface area contributed by atoms with Crippen molar-refractivity contribution in [3.63, 3.8) is 0 Å². The van der Waals surface area contributed by atoms with E-state index < -0.39 is 4.92 Å². The molecule has 144 valence electrons. The number of halogens is 1. The van der Waals surface area contributed by atoms with E-state index in [-0.39, 0.29) is 17.6 Å². The van der Waals surface area contributed by atoms with Gasteiger partial charge in [0.05, 0.1) is 16.7 Å². The van der Waals surface area contributed by atoms with E-state index in [1.807, 2.05) is 54.6 Å². The molecule has 0 aromatic heterocycles. The Morgan fingerprint density at radius 1 is 1.00 bits per heavy atom. The number of amides is 1. The monoisotopic (exact) mass is 449 g/mol. The molecule has 1 heterocycles. The van der Waals surface area contributed by atoms with Crippen LogP contribution in [0.25, 0.3) is 0 Å². The van der Waals surface area contributed by atoms with Crippen LogP contribution in [0.1, 0.15) is 33.9 Å². The van der Waals surface area contributed by atoms with Gasteiger partial charge in [-0.2, -0.15) is 5.10 Å². The topological polar surface area (TPSA) is 75.8 Å². The molecule has 0 saturated heterocycles. The van der Waals surface area contributed by atoms with E-state index in [2.05, 4.69) is 21.0 Å². The van der Waals surface area contributed by atoms with Crippen molar-refractivity contribution >= 4 is 33.2 Å². The van der Waals surface area contributed by atoms with E-state index in [9.17, 15) is 14.9 Å². The van der Waals surface area contributed by atoms with Crippen LogP contribution in [0.4, 0.5) is 5.69 Å². The molecule has 1 aliphatic rings. The number of carbonyl (C=O) groups is 1. The first kappa shape index (κ1) is 19.0. The molecule has 0 radical (unpaired) electrons. The second kappa shape index (κ2) is 7.97. The van der Waals surface area contributed by atoms with E-state index >= 15 is 0 Å². The third-order valence-electron chi connectivity index (χ3n) is 4.81. The van der Waals surface area contributed by atoms with Crippen LogP contribution < -0.4 is 0 Å². The quantitative estimate of drug-likeness (QED) is 0.397. The molecule has 6 nitrogen and oxygen atoms in total. The lowest BCUT2D eigenvalue weighted by Crippen LogP contribution is -2.27. The average Bonchev–Trinajstić information content (AvgIpc) is 3.20. The zero-order chi connectivity index (χ0) is 20.4. The molecule has 0 spiro atoms. The van der Waals surface area contributed by atoms with Gasteiger partial charge in [-0.3, -0.25) is 14.9 Å². The molecule has 3 aromatic carbocycles. The molecular formula is C22H16BrN3O3. The molecule has 7 heteroatoms. The number of rotatable bonds is 4. The zero-order valence-electron chi connectivity index (χ0n) is 15.2. The van der Waals surface area contributed by atoms with Crippen LogP contribution in [0.2, 0.25) is 0 Å². The Labute approximate surface area is 175 Å². The smallest absolute Gasteiger partial charge is 0.267 e. The fraction of sp³-hybridized carbons (Fsp3) is 0.0909. The second-order valence-electron chi connectivity index (χ2n) is 6.64. The highest BCUT2D eigenvalue weighted by Crippen LogP contribution is 2.34. The summed E-state index contributed by atoms with van der Waals surface area (Å²) in [5.74, 6) is -0.293. The summed E-state index contributed by atoms with van der Waals surface area (Å²) < 4.78 is 0.955. The summed E-state index contributed by atoms with van der Waals surface area (Å²) >= 11 is 3.44. The van der Waals surface area contributed by atoms with Crippen molar-refractivity contribution in [1.29, 1.82) is 0 Å². The first-order valence-corrected chi connectivity index (χ1v) is 9.78. The number of nitrogens with zero attached hydrogens (tertiary/aromatic N) is 3. The van der Waals surface area contributed by atoms with Crippen molar-refractivity contribution in [2.24, 2.45) is 5.10 Å². The Bertz CT molecular complexity index is 1080. The maximum absolute atomic E-state index is 13.2. The number of non-ortho nitro benzene ring substituents is 1. The molecule has 0 bridgehead atoms. The Balaban J connectivity index is 1.70. The molecule has 29 heavy (non-hydrogen) atoms. The highest BCUT2D eigenvalue weighted by molar-refractivity contribution is 9.10. The van der Waals surface area contributed by atoms with Crippen LogP contribution in [-0.4, -0.2) is 21.6 Å². The van der Waals surface area contributed by atoms with Crippen molar-refractivity contribution in [3.05, 3.63) is 110 Å². The van der Waals surface area contributed by atoms with E-state index in [0.717, 1.165) is 21.3 Å². The van der Waals surface area contributed by atoms with Crippen LogP contribution >= 0.6 is 15.9 Å². The SMILES string of the molecule is O=C(c1ccc([N+](=O)[O-])cc1)N1N=C(c2ccccc2)CC1c1ccc(Br)cc1. The molecule has 1 aliphatic heterocycles. The van der Waals surface area contributed by atoms with Gasteiger partial charge in [0, 0.05) is 28.6 Å². The first-order valence-electron chi connectivity index (χ1n) is 8.99. The van der Waals surface area contributed by atoms with Gasteiger partial charge >= 0.3 is 0 Å². The molecule has 0 aliphatic carbocycles. The van der Waals surface area contributed by atoms with E-state index in [4.69, 9.17) is 0 Å². The molecule has 3 aromatic rings. The minimum atomic E-state index is -0.486. The summed E-state index contributed by atoms with van der Waals surface area (Å²) in [6, 6.07) is 22.9. The molecule has 0 saturated carbocycles. The van der Waals surface area contributed by atoms with Gasteiger partial charge in [-0.25, -0.2) is 5.01 Å². The summed E-state index contributed by atoms with van der Waals surface area (Å²) in [5, 5.41) is 17.0. The highest BCUT2D eigenvalue weighted by Gasteiger charge is 2.33. The molecule has 1 unspecified atom stereocenters. The number of hydrogen-bond donors (Lipinski definition) is 0. The zero-order valence-corrected chi connectivity index (χ0v) is 16.8. The maximum Gasteiger partial charge on any atom is 0.274 e. The van der Waals surface area contributed by atoms with Crippen LogP contribution in [0.3, 0.4) is 0 Å². The fourth-order valence-electron chi connectivity index (χ4n) is 3.31. The van der Waals surface area contributed by atoms with E-state index in [1.54, 1.807) is 0 Å². The third kappa shape index (κ3) is 3.95. The van der Waals surface area contributed by atoms with Gasteiger partial charge in [0.1, 0.15) is 0 Å². The van der Waals surface area contributed by atoms with Crippen molar-refractivity contribution in [2.75, 3.05) is 0 Å². The number of benzene rings is 3. The van der Waals surface area contributed by atoms with Crippen molar-refractivity contribution in [2.45, 2.75) is 12.5 Å². The fourth-order valence-corrected chi connectivity index (χ4v) is 3.57. The van der Waals surface area contributed by atoms with Gasteiger partial charge < -0.3 is 0 Å². The van der Waals surface area contributed by atoms with Crippen LogP contribution in [0.15, 0.2) is 88.4 Å². The second-order valence-corrected chi connectivity index (χ2v) is 7.55. The van der Waals surface area contributed by atoms with Gasteiger partial charge in [0.15, 0.2) is 0 Å². The number of hydrogen-bond acceptors (Lipinski definition) is 4. The van der Waals surface area contributed by atoms with Crippen LogP contribution in [0.5, 0.6) is 0 Å². The maximum atomic E-state index is 13.2. The molecule has 0 N–H and O–H groups in total. The number of nitro groups is 1. The van der Waals surface area contributed by atoms with Gasteiger partial charge in [-0.15, -0.1) is 0 Å². The molecular weight excluding hydrogens is 434 g/mol. The van der Waals surface area contributed by atoms with Gasteiger partial charge in [0.25, 0.3) is 11.6 Å². The third-order valence-corrected chi connectivity index (χ3v) is 5.33. The summed E-state index contributed by atoms with van der Waals surface area (Å²) in [4.78, 5) is 23.6. The van der Waals surface area contributed by atoms with E-state index in [0.29, 0.717) is 12.0 Å². The minimum Gasteiger partial charge on any atom is -0.267 e. The Kier molecular flexibility index (Phi) is 5.22. The lowest BCUT2D eigenvalue weighted by Gasteiger charge is -2.22. The number of hydrazone groups is 1. The standard InChI is InChI=1S/C22H16BrN3O3/c23-18-10-6-16(7-11-18)21-14-20(15-4-2-1-3-5-15)24-25(21)22(27)17-8-12-19(13-9-17)26(28)29/h1-13,21H,14H2. The lowest BCUT2D eigenvalue weighted by atomic mass is 9.98. The molecule has 0 fully saturated rings. The Hall–Kier alpha value is -3.32. The summed E-state index contributed by atoms with van der Waals surface area (Å²) in [7, 11) is 0. The minimum absolute atomic E-state index is 0.0547. The highest BCUT2D eigenvalue weighted by atomic mass is 79.9. The van der Waals surface area contributed by atoms with Crippen molar-refractivity contribution < 1.29 is 9.72 Å². The average molecular weight is 450 g/mol. The van der Waals surface area contributed by atoms with Gasteiger partial charge in [0.2, 0.25) is 0 Å². The van der Waals surface area contributed by atoms with Crippen LogP contribution in [-0.2, 0) is 0 Å². The predicted molar refractivity (Wildman–Crippen MR) is 114 cm³/mol. The summed E-state index contributed by atoms with van der Waals surface area (Å²) in [6.45, 7) is 0. The summed E-state index contributed by atoms with van der Waals surface area (Å²) in [5.41, 5.74) is 3.07. The molecule has 1 amide bonds. The summed E-state index contributed by atoms with van der Waals surface area (Å²) in [6.07, 6.45) is 0.588.